The highest BCUT2D eigenvalue weighted by Gasteiger charge is 2.43. The third kappa shape index (κ3) is 11.6. The lowest BCUT2D eigenvalue weighted by molar-refractivity contribution is -0.138. The number of ether oxygens (including phenoxy) is 1. The minimum atomic E-state index is -4.54. The molecule has 5 rings (SSSR count). The molecule has 12 heteroatoms. The number of primary amides is 1. The second-order valence-electron chi connectivity index (χ2n) is 14.1. The van der Waals surface area contributed by atoms with Crippen molar-refractivity contribution < 1.29 is 32.3 Å². The number of amidine groups is 1. The van der Waals surface area contributed by atoms with Gasteiger partial charge in [-0.2, -0.15) is 13.2 Å². The maximum absolute atomic E-state index is 13.5. The van der Waals surface area contributed by atoms with Crippen LogP contribution in [-0.4, -0.2) is 83.6 Å². The van der Waals surface area contributed by atoms with Gasteiger partial charge in [0, 0.05) is 26.4 Å². The number of likely N-dealkylation sites (tertiary alicyclic amines) is 2. The fourth-order valence-corrected chi connectivity index (χ4v) is 7.15. The van der Waals surface area contributed by atoms with Crippen LogP contribution in [0.3, 0.4) is 0 Å². The molecule has 296 valence electrons. The summed E-state index contributed by atoms with van der Waals surface area (Å²) in [5.74, 6) is 2.33. The number of rotatable bonds is 11. The maximum Gasteiger partial charge on any atom is 0.416 e. The van der Waals surface area contributed by atoms with Crippen LogP contribution in [0.1, 0.15) is 94.0 Å². The number of nitrogens with two attached hydrogens (primary N) is 1. The molecule has 3 aliphatic heterocycles. The van der Waals surface area contributed by atoms with E-state index in [1.54, 1.807) is 6.92 Å². The van der Waals surface area contributed by atoms with E-state index in [1.807, 2.05) is 61.2 Å². The quantitative estimate of drug-likeness (QED) is 0.192. The number of carbonyl (C=O) groups is 3. The van der Waals surface area contributed by atoms with Crippen LogP contribution < -0.4 is 10.5 Å². The molecule has 3 amide bonds. The molecule has 2 saturated heterocycles. The first-order chi connectivity index (χ1) is 26.3. The molecule has 0 spiro atoms. The van der Waals surface area contributed by atoms with Crippen LogP contribution >= 0.6 is 0 Å². The van der Waals surface area contributed by atoms with Crippen molar-refractivity contribution >= 4 is 23.6 Å². The lowest BCUT2D eigenvalue weighted by Gasteiger charge is -2.34. The monoisotopic (exact) mass is 761 g/mol. The van der Waals surface area contributed by atoms with E-state index >= 15 is 0 Å². The van der Waals surface area contributed by atoms with Crippen molar-refractivity contribution in [1.82, 2.24) is 14.7 Å². The molecule has 3 aliphatic rings. The summed E-state index contributed by atoms with van der Waals surface area (Å²) >= 11 is 0. The highest BCUT2D eigenvalue weighted by Crippen LogP contribution is 2.41. The topological polar surface area (TPSA) is 109 Å². The summed E-state index contributed by atoms with van der Waals surface area (Å²) < 4.78 is 46.0. The highest BCUT2D eigenvalue weighted by molar-refractivity contribution is 6.11. The van der Waals surface area contributed by atoms with Crippen molar-refractivity contribution in [3.63, 3.8) is 0 Å². The molecule has 55 heavy (non-hydrogen) atoms. The molecular weight excluding hydrogens is 707 g/mol. The van der Waals surface area contributed by atoms with Crippen molar-refractivity contribution in [2.24, 2.45) is 16.6 Å². The van der Waals surface area contributed by atoms with E-state index in [0.717, 1.165) is 67.7 Å². The summed E-state index contributed by atoms with van der Waals surface area (Å²) in [4.78, 5) is 47.0. The number of aliphatic imine (C=N–C) groups is 1. The van der Waals surface area contributed by atoms with Crippen LogP contribution in [0, 0.1) is 25.2 Å². The smallest absolute Gasteiger partial charge is 0.416 e. The predicted octanol–water partition coefficient (Wildman–Crippen LogP) is 7.24. The van der Waals surface area contributed by atoms with Crippen LogP contribution in [0.15, 0.2) is 71.3 Å². The minimum Gasteiger partial charge on any atom is -0.493 e. The van der Waals surface area contributed by atoms with E-state index in [9.17, 15) is 27.6 Å². The van der Waals surface area contributed by atoms with Gasteiger partial charge < -0.3 is 15.4 Å². The first-order valence-electron chi connectivity index (χ1n) is 19.2. The Morgan fingerprint density at radius 2 is 1.75 bits per heavy atom. The summed E-state index contributed by atoms with van der Waals surface area (Å²) in [7, 11) is 0. The normalized spacial score (nSPS) is 20.7. The Bertz CT molecular complexity index is 1770. The number of allylic oxidation sites excluding steroid dienone is 2. The first-order valence-corrected chi connectivity index (χ1v) is 19.2. The Balaban J connectivity index is 0.000000311. The Labute approximate surface area is 323 Å². The lowest BCUT2D eigenvalue weighted by Crippen LogP contribution is -2.48. The van der Waals surface area contributed by atoms with Gasteiger partial charge in [0.15, 0.2) is 0 Å². The number of hydrogen-bond acceptors (Lipinski definition) is 6. The number of piperidine rings is 2. The molecular formula is C43H54F3N5O4. The molecule has 0 bridgehead atoms. The minimum absolute atomic E-state index is 0.0175. The zero-order chi connectivity index (χ0) is 40.1. The standard InChI is InChI=1S/C30H31F3N2O2.C13H23N3O2/c1-6-9-11-23(12-10-7-2)28-27(22-15-13-20(4)14-16-22)34-29(35(28)21(5)36)25-18-17-24(30(31,32)33)19-26(25)37-8-3;14-13(18)11-5-4-8-16(9-11)12(17)10-15-6-2-1-3-7-15/h1,10-19,27-28H,7-9H2,2-5H3;11H,1-10H2,(H2,14,18)/b12-10-,23-11+;. The van der Waals surface area contributed by atoms with E-state index in [0.29, 0.717) is 25.1 Å². The fourth-order valence-electron chi connectivity index (χ4n) is 7.15. The van der Waals surface area contributed by atoms with E-state index in [-0.39, 0.29) is 41.8 Å². The van der Waals surface area contributed by atoms with Gasteiger partial charge in [0.1, 0.15) is 17.6 Å². The van der Waals surface area contributed by atoms with Gasteiger partial charge >= 0.3 is 6.18 Å². The molecule has 0 saturated carbocycles. The van der Waals surface area contributed by atoms with Gasteiger partial charge in [-0.05, 0) is 88.4 Å². The first kappa shape index (κ1) is 42.8. The SMILES string of the molecule is C#CC/C=C(\C=C/CC)C1C(c2ccc(C)cc2)N=C(c2ccc(C(F)(F)F)cc2OCC)N1C(C)=O.NC(=O)C1CCCN(C(=O)CN2CCCCC2)C1. The zero-order valence-corrected chi connectivity index (χ0v) is 32.4. The number of carbonyl (C=O) groups excluding carboxylic acids is 3. The third-order valence-corrected chi connectivity index (χ3v) is 10.0. The molecule has 2 aromatic rings. The highest BCUT2D eigenvalue weighted by atomic mass is 19.4. The lowest BCUT2D eigenvalue weighted by atomic mass is 9.91. The van der Waals surface area contributed by atoms with E-state index in [4.69, 9.17) is 21.9 Å². The molecule has 0 radical (unpaired) electrons. The Morgan fingerprint density at radius 1 is 1.04 bits per heavy atom. The molecule has 3 heterocycles. The van der Waals surface area contributed by atoms with Crippen molar-refractivity contribution in [3.8, 4) is 18.1 Å². The summed E-state index contributed by atoms with van der Waals surface area (Å²) in [6.45, 7) is 11.1. The third-order valence-electron chi connectivity index (χ3n) is 10.0. The van der Waals surface area contributed by atoms with Crippen LogP contribution in [0.25, 0.3) is 0 Å². The molecule has 2 aromatic carbocycles. The Morgan fingerprint density at radius 3 is 2.35 bits per heavy atom. The number of terminal acetylenes is 1. The van der Waals surface area contributed by atoms with Crippen molar-refractivity contribution in [3.05, 3.63) is 88.5 Å². The molecule has 3 unspecified atom stereocenters. The number of hydrogen-bond donors (Lipinski definition) is 1. The summed E-state index contributed by atoms with van der Waals surface area (Å²) in [5, 5.41) is 0. The average Bonchev–Trinajstić information content (AvgIpc) is 3.56. The average molecular weight is 762 g/mol. The Kier molecular flexibility index (Phi) is 15.7. The number of aryl methyl sites for hydroxylation is 1. The number of amides is 3. The molecule has 0 aliphatic carbocycles. The second kappa shape index (κ2) is 20.1. The van der Waals surface area contributed by atoms with Crippen LogP contribution in [-0.2, 0) is 20.6 Å². The second-order valence-corrected chi connectivity index (χ2v) is 14.1. The van der Waals surface area contributed by atoms with Crippen LogP contribution in [0.5, 0.6) is 5.75 Å². The molecule has 2 fully saturated rings. The summed E-state index contributed by atoms with van der Waals surface area (Å²) in [6, 6.07) is 10.1. The zero-order valence-electron chi connectivity index (χ0n) is 32.4. The van der Waals surface area contributed by atoms with Gasteiger partial charge in [0.25, 0.3) is 0 Å². The van der Waals surface area contributed by atoms with Gasteiger partial charge in [-0.25, -0.2) is 0 Å². The van der Waals surface area contributed by atoms with Crippen LogP contribution in [0.2, 0.25) is 0 Å². The number of benzene rings is 2. The number of alkyl halides is 3. The van der Waals surface area contributed by atoms with Crippen molar-refractivity contribution in [1.29, 1.82) is 0 Å². The molecule has 3 atom stereocenters. The number of halogens is 3. The maximum atomic E-state index is 13.5. The predicted molar refractivity (Wildman–Crippen MR) is 209 cm³/mol. The van der Waals surface area contributed by atoms with Crippen molar-refractivity contribution in [2.75, 3.05) is 39.3 Å². The van der Waals surface area contributed by atoms with E-state index < -0.39 is 23.8 Å². The van der Waals surface area contributed by atoms with Gasteiger partial charge in [0.2, 0.25) is 17.7 Å². The largest absolute Gasteiger partial charge is 0.493 e. The van der Waals surface area contributed by atoms with Gasteiger partial charge in [-0.15, -0.1) is 12.3 Å². The van der Waals surface area contributed by atoms with Crippen molar-refractivity contribution in [2.45, 2.75) is 90.9 Å². The summed E-state index contributed by atoms with van der Waals surface area (Å²) in [5.41, 5.74) is 7.57. The van der Waals surface area contributed by atoms with Gasteiger partial charge in [0.05, 0.1) is 36.2 Å². The molecule has 9 nitrogen and oxygen atoms in total. The van der Waals surface area contributed by atoms with E-state index in [1.165, 1.54) is 37.2 Å². The van der Waals surface area contributed by atoms with Gasteiger partial charge in [-0.1, -0.05) is 61.4 Å². The van der Waals surface area contributed by atoms with Gasteiger partial charge in [-0.3, -0.25) is 29.2 Å². The van der Waals surface area contributed by atoms with Crippen LogP contribution in [0.4, 0.5) is 13.2 Å². The van der Waals surface area contributed by atoms with E-state index in [2.05, 4.69) is 10.8 Å². The Hall–Kier alpha value is -4.89. The summed E-state index contributed by atoms with van der Waals surface area (Å²) in [6.07, 6.45) is 13.3. The number of nitrogens with zero attached hydrogens (tertiary/aromatic N) is 4. The molecule has 0 aromatic heterocycles. The fraction of sp³-hybridized carbons (Fsp3) is 0.488. The molecule has 2 N–H and O–H groups in total.